The molecule has 1 amide bonds. The van der Waals surface area contributed by atoms with Gasteiger partial charge in [-0.05, 0) is 23.8 Å². The van der Waals surface area contributed by atoms with Gasteiger partial charge in [-0.1, -0.05) is 0 Å². The van der Waals surface area contributed by atoms with Crippen molar-refractivity contribution >= 4 is 17.6 Å². The predicted molar refractivity (Wildman–Crippen MR) is 89.2 cm³/mol. The van der Waals surface area contributed by atoms with E-state index in [1.165, 1.54) is 13.2 Å². The third-order valence-corrected chi connectivity index (χ3v) is 3.70. The van der Waals surface area contributed by atoms with Crippen LogP contribution in [0.15, 0.2) is 28.4 Å². The first kappa shape index (κ1) is 17.5. The van der Waals surface area contributed by atoms with Crippen molar-refractivity contribution in [3.8, 4) is 12.3 Å². The number of hydrogen-bond acceptors (Lipinski definition) is 6. The highest BCUT2D eigenvalue weighted by atomic mass is 16.5. The van der Waals surface area contributed by atoms with Crippen molar-refractivity contribution in [2.75, 3.05) is 19.4 Å². The average molecular weight is 328 g/mol. The van der Waals surface area contributed by atoms with Crippen LogP contribution in [0.3, 0.4) is 0 Å². The van der Waals surface area contributed by atoms with Crippen LogP contribution in [0.25, 0.3) is 0 Å². The van der Waals surface area contributed by atoms with Crippen LogP contribution in [0.1, 0.15) is 35.2 Å². The maximum atomic E-state index is 12.0. The van der Waals surface area contributed by atoms with Gasteiger partial charge in [0.15, 0.2) is 5.66 Å². The van der Waals surface area contributed by atoms with Gasteiger partial charge in [0.1, 0.15) is 0 Å². The molecule has 1 aromatic rings. The van der Waals surface area contributed by atoms with Gasteiger partial charge in [0.2, 0.25) is 5.91 Å². The van der Waals surface area contributed by atoms with Crippen LogP contribution in [-0.4, -0.2) is 31.2 Å². The van der Waals surface area contributed by atoms with E-state index >= 15 is 0 Å². The number of nitrogens with one attached hydrogen (secondary N) is 1. The fraction of sp³-hybridized carbons (Fsp3) is 0.412. The Labute approximate surface area is 140 Å². The fourth-order valence-electron chi connectivity index (χ4n) is 2.37. The van der Waals surface area contributed by atoms with E-state index in [0.29, 0.717) is 42.6 Å². The molecule has 7 nitrogen and oxygen atoms in total. The summed E-state index contributed by atoms with van der Waals surface area (Å²) in [6, 6.07) is 4.77. The highest BCUT2D eigenvalue weighted by Crippen LogP contribution is 2.35. The maximum absolute atomic E-state index is 12.0. The SMILES string of the molecule is C#CCCC1(CCNC(=O)Cc2cc(N)cc(C(=O)OC)c2)N=N1. The van der Waals surface area contributed by atoms with Crippen LogP contribution in [0.5, 0.6) is 0 Å². The van der Waals surface area contributed by atoms with Gasteiger partial charge in [0, 0.05) is 31.5 Å². The number of esters is 1. The minimum absolute atomic E-state index is 0.126. The number of ether oxygens (including phenoxy) is 1. The summed E-state index contributed by atoms with van der Waals surface area (Å²) >= 11 is 0. The van der Waals surface area contributed by atoms with Crippen molar-refractivity contribution in [1.82, 2.24) is 5.32 Å². The summed E-state index contributed by atoms with van der Waals surface area (Å²) in [5.74, 6) is 1.91. The van der Waals surface area contributed by atoms with Gasteiger partial charge < -0.3 is 15.8 Å². The number of amides is 1. The van der Waals surface area contributed by atoms with Crippen molar-refractivity contribution in [2.45, 2.75) is 31.3 Å². The largest absolute Gasteiger partial charge is 0.465 e. The third kappa shape index (κ3) is 4.81. The number of carbonyl (C=O) groups is 2. The minimum atomic E-state index is -0.489. The normalized spacial score (nSPS) is 13.8. The zero-order valence-corrected chi connectivity index (χ0v) is 13.5. The molecule has 0 bridgehead atoms. The van der Waals surface area contributed by atoms with Gasteiger partial charge in [-0.3, -0.25) is 4.79 Å². The molecule has 0 radical (unpaired) electrons. The van der Waals surface area contributed by atoms with Crippen molar-refractivity contribution in [1.29, 1.82) is 0 Å². The second kappa shape index (κ2) is 7.59. The Balaban J connectivity index is 1.83. The summed E-state index contributed by atoms with van der Waals surface area (Å²) < 4.78 is 4.66. The molecule has 1 aromatic carbocycles. The number of rotatable bonds is 8. The molecule has 0 spiro atoms. The molecule has 126 valence electrons. The van der Waals surface area contributed by atoms with Crippen LogP contribution >= 0.6 is 0 Å². The molecule has 1 aliphatic rings. The number of terminal acetylenes is 1. The van der Waals surface area contributed by atoms with E-state index < -0.39 is 11.6 Å². The lowest BCUT2D eigenvalue weighted by Crippen LogP contribution is -2.29. The standard InChI is InChI=1S/C17H20N4O3/c1-3-4-5-17(20-21-17)6-7-19-15(22)10-12-8-13(16(23)24-2)11-14(18)9-12/h1,8-9,11H,4-7,10,18H2,2H3,(H,19,22). The molecular formula is C17H20N4O3. The Morgan fingerprint density at radius 2 is 2.08 bits per heavy atom. The Hall–Kier alpha value is -2.88. The lowest BCUT2D eigenvalue weighted by Gasteiger charge is -2.10. The van der Waals surface area contributed by atoms with Crippen LogP contribution in [0, 0.1) is 12.3 Å². The van der Waals surface area contributed by atoms with E-state index in [1.807, 2.05) is 0 Å². The van der Waals surface area contributed by atoms with Gasteiger partial charge in [-0.15, -0.1) is 12.3 Å². The Kier molecular flexibility index (Phi) is 5.53. The topological polar surface area (TPSA) is 106 Å². The van der Waals surface area contributed by atoms with Crippen LogP contribution in [-0.2, 0) is 16.0 Å². The van der Waals surface area contributed by atoms with E-state index in [0.717, 1.165) is 0 Å². The van der Waals surface area contributed by atoms with Gasteiger partial charge >= 0.3 is 5.97 Å². The molecule has 1 aliphatic heterocycles. The number of anilines is 1. The molecule has 7 heteroatoms. The molecule has 24 heavy (non-hydrogen) atoms. The Morgan fingerprint density at radius 1 is 1.33 bits per heavy atom. The number of carbonyl (C=O) groups excluding carboxylic acids is 2. The monoisotopic (exact) mass is 328 g/mol. The highest BCUT2D eigenvalue weighted by molar-refractivity contribution is 5.91. The second-order valence-electron chi connectivity index (χ2n) is 5.62. The summed E-state index contributed by atoms with van der Waals surface area (Å²) in [6.45, 7) is 0.461. The number of hydrogen-bond donors (Lipinski definition) is 2. The molecule has 0 aromatic heterocycles. The second-order valence-corrected chi connectivity index (χ2v) is 5.62. The lowest BCUT2D eigenvalue weighted by atomic mass is 10.0. The fourth-order valence-corrected chi connectivity index (χ4v) is 2.37. The van der Waals surface area contributed by atoms with Crippen LogP contribution in [0.2, 0.25) is 0 Å². The molecule has 1 heterocycles. The van der Waals surface area contributed by atoms with Crippen molar-refractivity contribution < 1.29 is 14.3 Å². The van der Waals surface area contributed by atoms with E-state index in [2.05, 4.69) is 26.2 Å². The summed E-state index contributed by atoms with van der Waals surface area (Å²) in [5.41, 5.74) is 6.73. The van der Waals surface area contributed by atoms with Gasteiger partial charge in [0.05, 0.1) is 19.1 Å². The zero-order chi connectivity index (χ0) is 17.6. The molecule has 0 saturated carbocycles. The van der Waals surface area contributed by atoms with Gasteiger partial charge in [-0.2, -0.15) is 10.2 Å². The van der Waals surface area contributed by atoms with E-state index in [1.54, 1.807) is 12.1 Å². The number of nitrogen functional groups attached to an aromatic ring is 1. The van der Waals surface area contributed by atoms with E-state index in [4.69, 9.17) is 12.2 Å². The van der Waals surface area contributed by atoms with Crippen molar-refractivity contribution in [3.63, 3.8) is 0 Å². The molecule has 0 fully saturated rings. The quantitative estimate of drug-likeness (QED) is 0.430. The Morgan fingerprint density at radius 3 is 2.71 bits per heavy atom. The smallest absolute Gasteiger partial charge is 0.337 e. The lowest BCUT2D eigenvalue weighted by molar-refractivity contribution is -0.120. The molecule has 0 aliphatic carbocycles. The molecule has 0 unspecified atom stereocenters. The summed E-state index contributed by atoms with van der Waals surface area (Å²) in [6.07, 6.45) is 7.31. The van der Waals surface area contributed by atoms with Gasteiger partial charge in [0.25, 0.3) is 0 Å². The summed E-state index contributed by atoms with van der Waals surface area (Å²) in [4.78, 5) is 23.6. The highest BCUT2D eigenvalue weighted by Gasteiger charge is 2.38. The van der Waals surface area contributed by atoms with E-state index in [-0.39, 0.29) is 12.3 Å². The number of benzene rings is 1. The summed E-state index contributed by atoms with van der Waals surface area (Å²) in [5, 5.41) is 10.8. The molecule has 0 atom stereocenters. The number of nitrogens with two attached hydrogens (primary N) is 1. The third-order valence-electron chi connectivity index (χ3n) is 3.70. The first-order valence-corrected chi connectivity index (χ1v) is 7.60. The molecule has 3 N–H and O–H groups in total. The first-order chi connectivity index (χ1) is 11.5. The summed E-state index contributed by atoms with van der Waals surface area (Å²) in [7, 11) is 1.29. The van der Waals surface area contributed by atoms with Crippen LogP contribution < -0.4 is 11.1 Å². The minimum Gasteiger partial charge on any atom is -0.465 e. The van der Waals surface area contributed by atoms with Crippen molar-refractivity contribution in [3.05, 3.63) is 29.3 Å². The van der Waals surface area contributed by atoms with Crippen LogP contribution in [0.4, 0.5) is 5.69 Å². The molecule has 0 saturated heterocycles. The first-order valence-electron chi connectivity index (χ1n) is 7.60. The maximum Gasteiger partial charge on any atom is 0.337 e. The average Bonchev–Trinajstić information content (AvgIpc) is 3.31. The predicted octanol–water partition coefficient (Wildman–Crippen LogP) is 1.68. The molecular weight excluding hydrogens is 308 g/mol. The zero-order valence-electron chi connectivity index (χ0n) is 13.5. The Bertz CT molecular complexity index is 700. The number of methoxy groups -OCH3 is 1. The van der Waals surface area contributed by atoms with Gasteiger partial charge in [-0.25, -0.2) is 4.79 Å². The van der Waals surface area contributed by atoms with Crippen molar-refractivity contribution in [2.24, 2.45) is 10.2 Å². The number of nitrogens with zero attached hydrogens (tertiary/aromatic N) is 2. The molecule has 2 rings (SSSR count). The van der Waals surface area contributed by atoms with E-state index in [9.17, 15) is 9.59 Å².